The minimum atomic E-state index is -0.913. The number of hydrogen-bond acceptors (Lipinski definition) is 2. The quantitative estimate of drug-likeness (QED) is 0.124. The Hall–Kier alpha value is -2.28. The van der Waals surface area contributed by atoms with E-state index in [1.54, 1.807) is 0 Å². The fourth-order valence-corrected chi connectivity index (χ4v) is 12.3. The molecule has 2 N–H and O–H groups in total. The van der Waals surface area contributed by atoms with E-state index in [1.807, 2.05) is 114 Å². The summed E-state index contributed by atoms with van der Waals surface area (Å²) in [6.07, 6.45) is 35.7. The van der Waals surface area contributed by atoms with Crippen LogP contribution in [0.1, 0.15) is 25.7 Å². The first-order valence-corrected chi connectivity index (χ1v) is 22.6. The molecule has 0 bridgehead atoms. The van der Waals surface area contributed by atoms with Crippen LogP contribution in [-0.2, 0) is 43.7 Å². The Balaban J connectivity index is 0.000000499. The summed E-state index contributed by atoms with van der Waals surface area (Å²) in [4.78, 5) is 28.1. The third kappa shape index (κ3) is 13.6. The van der Waals surface area contributed by atoms with Crippen molar-refractivity contribution >= 4 is 48.9 Å². The molecule has 300 valence electrons. The molecule has 9 rings (SSSR count). The predicted octanol–water partition coefficient (Wildman–Crippen LogP) is 8.30. The standard InChI is InChI=1S/C42H38N2O2P2.2C5H5.2Fe/c45-41(35-25-15-29-39(35)47(31-17-5-1-6-18-31)32-19-7-2-8-20-32)43-37-27-13-14-28-38(37)44-42(46)36-26-16-30-40(36)48(33-21-9-3-10-22-33)34-23-11-4-12-24-34;2*1-2-4-5-3-1;;/h1-12,15-26,29-30,37-38H,13-14,27-28H2,(H,43,45)(H,44,46);2*1-5H;;/q;;;2*+2/t37-,38-;;;;/m1..../s1. The summed E-state index contributed by atoms with van der Waals surface area (Å²) >= 11 is 0. The molecular formula is C52H48Fe2N2O2P2+4. The summed E-state index contributed by atoms with van der Waals surface area (Å²) < 4.78 is 0. The van der Waals surface area contributed by atoms with Crippen LogP contribution in [0.3, 0.4) is 0 Å². The number of amides is 2. The van der Waals surface area contributed by atoms with Crippen LogP contribution in [0, 0.1) is 126 Å². The van der Waals surface area contributed by atoms with E-state index < -0.39 is 15.8 Å². The van der Waals surface area contributed by atoms with Gasteiger partial charge in [0.2, 0.25) is 11.8 Å². The van der Waals surface area contributed by atoms with Gasteiger partial charge in [-0.15, -0.1) is 0 Å². The molecule has 0 aliphatic heterocycles. The first kappa shape index (κ1) is 48.7. The summed E-state index contributed by atoms with van der Waals surface area (Å²) in [6, 6.07) is 41.5. The second-order valence-corrected chi connectivity index (χ2v) is 18.4. The maximum Gasteiger partial charge on any atom is 2.00 e. The van der Waals surface area contributed by atoms with E-state index >= 15 is 0 Å². The first-order valence-electron chi connectivity index (χ1n) is 19.9. The van der Waals surface area contributed by atoms with E-state index in [-0.39, 0.29) is 58.0 Å². The van der Waals surface area contributed by atoms with Crippen molar-refractivity contribution in [1.82, 2.24) is 10.6 Å². The van der Waals surface area contributed by atoms with Gasteiger partial charge in [-0.25, -0.2) is 0 Å². The Bertz CT molecular complexity index is 1570. The average molecular weight is 907 g/mol. The molecule has 4 aromatic carbocycles. The third-order valence-corrected chi connectivity index (χ3v) is 15.1. The van der Waals surface area contributed by atoms with Crippen molar-refractivity contribution in [2.75, 3.05) is 0 Å². The van der Waals surface area contributed by atoms with E-state index in [0.29, 0.717) is 11.8 Å². The number of hydrogen-bond donors (Lipinski definition) is 2. The van der Waals surface area contributed by atoms with E-state index in [0.717, 1.165) is 37.0 Å². The zero-order valence-electron chi connectivity index (χ0n) is 33.2. The maximum atomic E-state index is 14.1. The Morgan fingerprint density at radius 1 is 0.383 bits per heavy atom. The Morgan fingerprint density at radius 3 is 0.917 bits per heavy atom. The maximum absolute atomic E-state index is 14.1. The molecule has 0 heterocycles. The van der Waals surface area contributed by atoms with Gasteiger partial charge >= 0.3 is 34.1 Å². The number of nitrogens with one attached hydrogen (secondary N) is 2. The molecule has 5 aliphatic rings. The molecule has 8 heteroatoms. The van der Waals surface area contributed by atoms with Crippen molar-refractivity contribution in [2.45, 2.75) is 37.8 Å². The number of rotatable bonds is 10. The van der Waals surface area contributed by atoms with Crippen LogP contribution in [0.5, 0.6) is 0 Å². The third-order valence-electron chi connectivity index (χ3n) is 10.1. The molecule has 0 spiro atoms. The van der Waals surface area contributed by atoms with Gasteiger partial charge < -0.3 is 10.6 Å². The topological polar surface area (TPSA) is 58.2 Å². The first-order chi connectivity index (χ1) is 28.7. The molecular weight excluding hydrogens is 858 g/mol. The second kappa shape index (κ2) is 26.4. The van der Waals surface area contributed by atoms with Crippen LogP contribution in [0.4, 0.5) is 0 Å². The molecule has 5 saturated carbocycles. The van der Waals surface area contributed by atoms with Crippen molar-refractivity contribution in [3.05, 3.63) is 247 Å². The Kier molecular flexibility index (Phi) is 21.4. The molecule has 2 amide bonds. The SMILES string of the molecule is O=C(N[C@@H]1CCCC[C@H]1NC(=O)[C]1[CH][CH][CH][C]1P(c1ccccc1)c1ccccc1)[C]1[CH][CH][CH][C]1P(c1ccccc1)c1ccccc1.[CH]1[CH][CH][CH][CH]1.[CH]1[CH][CH][CH][CH]1.[Fe+2].[Fe+2]. The van der Waals surface area contributed by atoms with Crippen molar-refractivity contribution < 1.29 is 43.7 Å². The van der Waals surface area contributed by atoms with E-state index in [1.165, 1.54) is 21.2 Å². The minimum Gasteiger partial charge on any atom is -0.351 e. The van der Waals surface area contributed by atoms with Gasteiger partial charge in [-0.05, 0) is 153 Å². The molecule has 5 aliphatic carbocycles. The van der Waals surface area contributed by atoms with Crippen molar-refractivity contribution in [3.63, 3.8) is 0 Å². The second-order valence-electron chi connectivity index (χ2n) is 14.0. The largest absolute Gasteiger partial charge is 2.00 e. The molecule has 5 fully saturated rings. The van der Waals surface area contributed by atoms with Crippen LogP contribution < -0.4 is 31.9 Å². The van der Waals surface area contributed by atoms with Crippen molar-refractivity contribution in [3.8, 4) is 0 Å². The smallest absolute Gasteiger partial charge is 0.351 e. The fraction of sp³-hybridized carbons (Fsp3) is 0.115. The van der Waals surface area contributed by atoms with E-state index in [9.17, 15) is 9.59 Å². The number of benzene rings is 4. The summed E-state index contributed by atoms with van der Waals surface area (Å²) in [7, 11) is -1.83. The fourth-order valence-electron chi connectivity index (χ4n) is 7.37. The van der Waals surface area contributed by atoms with Gasteiger partial charge in [0, 0.05) is 23.4 Å². The number of carbonyl (C=O) groups excluding carboxylic acids is 2. The van der Waals surface area contributed by atoms with Crippen LogP contribution >= 0.6 is 15.8 Å². The van der Waals surface area contributed by atoms with Gasteiger partial charge in [0.1, 0.15) is 0 Å². The van der Waals surface area contributed by atoms with Gasteiger partial charge in [0.05, 0.1) is 11.8 Å². The zero-order chi connectivity index (χ0) is 39.8. The molecule has 0 aromatic heterocycles. The predicted molar refractivity (Wildman–Crippen MR) is 242 cm³/mol. The average Bonchev–Trinajstić information content (AvgIpc) is 4.14. The monoisotopic (exact) mass is 906 g/mol. The van der Waals surface area contributed by atoms with Crippen LogP contribution in [0.25, 0.3) is 0 Å². The molecule has 4 nitrogen and oxygen atoms in total. The van der Waals surface area contributed by atoms with Crippen molar-refractivity contribution in [1.29, 1.82) is 0 Å². The molecule has 20 radical (unpaired) electrons. The van der Waals surface area contributed by atoms with Crippen LogP contribution in [-0.4, -0.2) is 23.9 Å². The van der Waals surface area contributed by atoms with E-state index in [4.69, 9.17) is 0 Å². The molecule has 2 atom stereocenters. The normalized spacial score (nSPS) is 20.9. The summed E-state index contributed by atoms with van der Waals surface area (Å²) in [6.45, 7) is 0. The summed E-state index contributed by atoms with van der Waals surface area (Å²) in [5.41, 5.74) is 2.10. The van der Waals surface area contributed by atoms with Gasteiger partial charge in [0.25, 0.3) is 0 Å². The molecule has 60 heavy (non-hydrogen) atoms. The summed E-state index contributed by atoms with van der Waals surface area (Å²) in [5, 5.41) is 11.6. The minimum absolute atomic E-state index is 0. The van der Waals surface area contributed by atoms with Gasteiger partial charge in [-0.3, -0.25) is 9.59 Å². The summed E-state index contributed by atoms with van der Waals surface area (Å²) in [5.74, 6) is 1.26. The molecule has 0 unspecified atom stereocenters. The van der Waals surface area contributed by atoms with E-state index in [2.05, 4.69) is 121 Å². The Labute approximate surface area is 385 Å². The van der Waals surface area contributed by atoms with Gasteiger partial charge in [-0.2, -0.15) is 0 Å². The van der Waals surface area contributed by atoms with Crippen molar-refractivity contribution in [2.24, 2.45) is 0 Å². The van der Waals surface area contributed by atoms with Gasteiger partial charge in [-0.1, -0.05) is 134 Å². The van der Waals surface area contributed by atoms with Crippen LogP contribution in [0.15, 0.2) is 121 Å². The number of carbonyl (C=O) groups is 2. The van der Waals surface area contributed by atoms with Crippen LogP contribution in [0.2, 0.25) is 0 Å². The molecule has 4 aromatic rings. The molecule has 0 saturated heterocycles. The van der Waals surface area contributed by atoms with Gasteiger partial charge in [0.15, 0.2) is 0 Å². The zero-order valence-corrected chi connectivity index (χ0v) is 37.2. The Morgan fingerprint density at radius 2 is 0.650 bits per heavy atom.